The summed E-state index contributed by atoms with van der Waals surface area (Å²) in [4.78, 5) is 35.3. The monoisotopic (exact) mass is 424 g/mol. The Balaban J connectivity index is 1.70. The molecule has 27 heavy (non-hydrogen) atoms. The third-order valence-corrected chi connectivity index (χ3v) is 5.36. The van der Waals surface area contributed by atoms with Crippen LogP contribution in [0.1, 0.15) is 19.0 Å². The van der Waals surface area contributed by atoms with Gasteiger partial charge in [-0.15, -0.1) is 0 Å². The SMILES string of the molecule is CSc1nccc(CNC(=O)C2(C)CC(=O)N(c3cc(Cl)cc(Cl)c3)C2)n1. The van der Waals surface area contributed by atoms with Gasteiger partial charge in [0.15, 0.2) is 5.16 Å². The summed E-state index contributed by atoms with van der Waals surface area (Å²) in [5.41, 5.74) is 0.463. The van der Waals surface area contributed by atoms with E-state index in [1.165, 1.54) is 11.8 Å². The lowest BCUT2D eigenvalue weighted by atomic mass is 9.88. The van der Waals surface area contributed by atoms with Gasteiger partial charge in [0.25, 0.3) is 0 Å². The number of anilines is 1. The van der Waals surface area contributed by atoms with Crippen LogP contribution in [0, 0.1) is 5.41 Å². The maximum absolute atomic E-state index is 12.8. The predicted octanol–water partition coefficient (Wildman–Crippen LogP) is 3.56. The molecule has 0 radical (unpaired) electrons. The largest absolute Gasteiger partial charge is 0.350 e. The first-order valence-electron chi connectivity index (χ1n) is 8.21. The Kier molecular flexibility index (Phi) is 5.93. The molecule has 0 spiro atoms. The number of thioether (sulfide) groups is 1. The summed E-state index contributed by atoms with van der Waals surface area (Å²) in [6, 6.07) is 6.69. The first kappa shape index (κ1) is 19.9. The molecule has 6 nitrogen and oxygen atoms in total. The Bertz CT molecular complexity index is 875. The number of carbonyl (C=O) groups excluding carboxylic acids is 2. The highest BCUT2D eigenvalue weighted by Crippen LogP contribution is 2.36. The van der Waals surface area contributed by atoms with Crippen LogP contribution in [0.4, 0.5) is 5.69 Å². The van der Waals surface area contributed by atoms with Crippen molar-refractivity contribution in [3.63, 3.8) is 0 Å². The van der Waals surface area contributed by atoms with Gasteiger partial charge in [-0.1, -0.05) is 35.0 Å². The number of hydrogen-bond acceptors (Lipinski definition) is 5. The molecule has 2 heterocycles. The topological polar surface area (TPSA) is 75.2 Å². The van der Waals surface area contributed by atoms with E-state index in [9.17, 15) is 9.59 Å². The average Bonchev–Trinajstić information content (AvgIpc) is 2.95. The number of rotatable bonds is 5. The molecule has 1 aromatic heterocycles. The standard InChI is InChI=1S/C18H18Cl2N4O2S/c1-18(16(26)22-9-13-3-4-21-17(23-13)27-2)8-15(25)24(10-18)14-6-11(19)5-12(20)7-14/h3-7H,8-10H2,1-2H3,(H,22,26). The third-order valence-electron chi connectivity index (χ3n) is 4.36. The van der Waals surface area contributed by atoms with Gasteiger partial charge >= 0.3 is 0 Å². The van der Waals surface area contributed by atoms with E-state index >= 15 is 0 Å². The van der Waals surface area contributed by atoms with E-state index in [2.05, 4.69) is 15.3 Å². The zero-order chi connectivity index (χ0) is 19.6. The van der Waals surface area contributed by atoms with Gasteiger partial charge in [-0.3, -0.25) is 9.59 Å². The van der Waals surface area contributed by atoms with Gasteiger partial charge < -0.3 is 10.2 Å². The average molecular weight is 425 g/mol. The molecule has 1 aliphatic heterocycles. The Morgan fingerprint density at radius 3 is 2.70 bits per heavy atom. The second kappa shape index (κ2) is 8.04. The van der Waals surface area contributed by atoms with E-state index in [1.807, 2.05) is 6.26 Å². The van der Waals surface area contributed by atoms with Crippen molar-refractivity contribution >= 4 is 52.5 Å². The molecule has 142 valence electrons. The van der Waals surface area contributed by atoms with Crippen molar-refractivity contribution in [1.29, 1.82) is 0 Å². The van der Waals surface area contributed by atoms with Crippen LogP contribution in [0.5, 0.6) is 0 Å². The molecule has 9 heteroatoms. The van der Waals surface area contributed by atoms with Crippen LogP contribution in [0.3, 0.4) is 0 Å². The van der Waals surface area contributed by atoms with Crippen LogP contribution in [0.25, 0.3) is 0 Å². The van der Waals surface area contributed by atoms with E-state index in [0.717, 1.165) is 0 Å². The lowest BCUT2D eigenvalue weighted by molar-refractivity contribution is -0.131. The van der Waals surface area contributed by atoms with E-state index in [4.69, 9.17) is 23.2 Å². The summed E-state index contributed by atoms with van der Waals surface area (Å²) in [5, 5.41) is 4.41. The summed E-state index contributed by atoms with van der Waals surface area (Å²) < 4.78 is 0. The smallest absolute Gasteiger partial charge is 0.228 e. The number of halogens is 2. The molecule has 0 bridgehead atoms. The maximum Gasteiger partial charge on any atom is 0.228 e. The zero-order valence-corrected chi connectivity index (χ0v) is 17.2. The molecule has 0 saturated carbocycles. The number of nitrogens with one attached hydrogen (secondary N) is 1. The van der Waals surface area contributed by atoms with E-state index < -0.39 is 5.41 Å². The highest BCUT2D eigenvalue weighted by molar-refractivity contribution is 7.98. The molecule has 0 aliphatic carbocycles. The summed E-state index contributed by atoms with van der Waals surface area (Å²) in [5.74, 6) is -0.339. The highest BCUT2D eigenvalue weighted by Gasteiger charge is 2.45. The summed E-state index contributed by atoms with van der Waals surface area (Å²) in [6.45, 7) is 2.32. The minimum Gasteiger partial charge on any atom is -0.350 e. The second-order valence-electron chi connectivity index (χ2n) is 6.56. The summed E-state index contributed by atoms with van der Waals surface area (Å²) >= 11 is 13.5. The van der Waals surface area contributed by atoms with Gasteiger partial charge in [-0.25, -0.2) is 9.97 Å². The fourth-order valence-electron chi connectivity index (χ4n) is 2.96. The number of hydrogen-bond donors (Lipinski definition) is 1. The van der Waals surface area contributed by atoms with Crippen LogP contribution >= 0.6 is 35.0 Å². The van der Waals surface area contributed by atoms with Crippen LogP contribution in [-0.4, -0.2) is 34.6 Å². The van der Waals surface area contributed by atoms with Crippen LogP contribution in [-0.2, 0) is 16.1 Å². The molecule has 1 fully saturated rings. The van der Waals surface area contributed by atoms with Crippen molar-refractivity contribution in [2.45, 2.75) is 25.0 Å². The molecule has 2 amide bonds. The molecule has 3 rings (SSSR count). The molecule has 1 saturated heterocycles. The Hall–Kier alpha value is -1.83. The minimum absolute atomic E-state index is 0.114. The maximum atomic E-state index is 12.8. The third kappa shape index (κ3) is 4.54. The van der Waals surface area contributed by atoms with E-state index in [0.29, 0.717) is 26.6 Å². The molecular weight excluding hydrogens is 407 g/mol. The molecule has 1 aromatic carbocycles. The fraction of sp³-hybridized carbons (Fsp3) is 0.333. The van der Waals surface area contributed by atoms with Crippen molar-refractivity contribution in [3.8, 4) is 0 Å². The van der Waals surface area contributed by atoms with Crippen molar-refractivity contribution < 1.29 is 9.59 Å². The fourth-order valence-corrected chi connectivity index (χ4v) is 3.85. The number of carbonyl (C=O) groups is 2. The van der Waals surface area contributed by atoms with Crippen molar-refractivity contribution in [1.82, 2.24) is 15.3 Å². The molecule has 1 N–H and O–H groups in total. The number of benzene rings is 1. The minimum atomic E-state index is -0.846. The van der Waals surface area contributed by atoms with Gasteiger partial charge in [-0.2, -0.15) is 0 Å². The van der Waals surface area contributed by atoms with Crippen LogP contribution in [0.15, 0.2) is 35.6 Å². The first-order valence-corrected chi connectivity index (χ1v) is 10.2. The van der Waals surface area contributed by atoms with Crippen molar-refractivity contribution in [2.24, 2.45) is 5.41 Å². The van der Waals surface area contributed by atoms with Gasteiger partial charge in [0, 0.05) is 34.9 Å². The molecular formula is C18H18Cl2N4O2S. The first-order chi connectivity index (χ1) is 12.8. The molecule has 2 aromatic rings. The number of aromatic nitrogens is 2. The summed E-state index contributed by atoms with van der Waals surface area (Å²) in [7, 11) is 0. The highest BCUT2D eigenvalue weighted by atomic mass is 35.5. The molecule has 1 unspecified atom stereocenters. The van der Waals surface area contributed by atoms with Gasteiger partial charge in [0.2, 0.25) is 11.8 Å². The Labute approximate surface area is 171 Å². The van der Waals surface area contributed by atoms with E-state index in [-0.39, 0.29) is 31.3 Å². The lowest BCUT2D eigenvalue weighted by Crippen LogP contribution is -2.40. The zero-order valence-electron chi connectivity index (χ0n) is 14.8. The second-order valence-corrected chi connectivity index (χ2v) is 8.21. The summed E-state index contributed by atoms with van der Waals surface area (Å²) in [6.07, 6.45) is 3.66. The quantitative estimate of drug-likeness (QED) is 0.586. The number of amides is 2. The Morgan fingerprint density at radius 1 is 1.33 bits per heavy atom. The molecule has 1 aliphatic rings. The Morgan fingerprint density at radius 2 is 2.04 bits per heavy atom. The van der Waals surface area contributed by atoms with Crippen LogP contribution < -0.4 is 10.2 Å². The van der Waals surface area contributed by atoms with Gasteiger partial charge in [-0.05, 0) is 37.4 Å². The normalized spacial score (nSPS) is 19.4. The number of nitrogens with zero attached hydrogens (tertiary/aromatic N) is 3. The van der Waals surface area contributed by atoms with Crippen LogP contribution in [0.2, 0.25) is 10.0 Å². The predicted molar refractivity (Wildman–Crippen MR) is 107 cm³/mol. The van der Waals surface area contributed by atoms with Crippen molar-refractivity contribution in [3.05, 3.63) is 46.2 Å². The van der Waals surface area contributed by atoms with E-state index in [1.54, 1.807) is 42.3 Å². The lowest BCUT2D eigenvalue weighted by Gasteiger charge is -2.23. The van der Waals surface area contributed by atoms with Crippen molar-refractivity contribution in [2.75, 3.05) is 17.7 Å². The van der Waals surface area contributed by atoms with Gasteiger partial charge in [0.1, 0.15) is 0 Å². The van der Waals surface area contributed by atoms with Gasteiger partial charge in [0.05, 0.1) is 17.7 Å². The molecule has 1 atom stereocenters.